The van der Waals surface area contributed by atoms with Gasteiger partial charge < -0.3 is 5.73 Å². The molecule has 1 aliphatic rings. The molecule has 0 amide bonds. The van der Waals surface area contributed by atoms with Crippen molar-refractivity contribution < 1.29 is 0 Å². The Morgan fingerprint density at radius 3 is 2.69 bits per heavy atom. The van der Waals surface area contributed by atoms with Crippen molar-refractivity contribution in [3.8, 4) is 0 Å². The van der Waals surface area contributed by atoms with E-state index in [1.54, 1.807) is 0 Å². The highest BCUT2D eigenvalue weighted by atomic mass is 14.6. The summed E-state index contributed by atoms with van der Waals surface area (Å²) >= 11 is 0. The number of hydrogen-bond donors (Lipinski definition) is 1. The van der Waals surface area contributed by atoms with Gasteiger partial charge in [0.05, 0.1) is 0 Å². The molecule has 1 aliphatic carbocycles. The molecule has 0 aromatic heterocycles. The van der Waals surface area contributed by atoms with Gasteiger partial charge >= 0.3 is 0 Å². The maximum absolute atomic E-state index is 6.21. The minimum Gasteiger partial charge on any atom is -0.324 e. The molecule has 0 bridgehead atoms. The maximum atomic E-state index is 6.21. The van der Waals surface area contributed by atoms with E-state index in [0.29, 0.717) is 5.92 Å². The zero-order chi connectivity index (χ0) is 11.7. The molecule has 2 N–H and O–H groups in total. The van der Waals surface area contributed by atoms with Crippen LogP contribution in [-0.4, -0.2) is 0 Å². The van der Waals surface area contributed by atoms with Crippen molar-refractivity contribution in [2.45, 2.75) is 52.0 Å². The molecule has 2 atom stereocenters. The van der Waals surface area contributed by atoms with E-state index >= 15 is 0 Å². The van der Waals surface area contributed by atoms with Crippen LogP contribution in [0.3, 0.4) is 0 Å². The predicted molar refractivity (Wildman–Crippen MR) is 69.6 cm³/mol. The summed E-state index contributed by atoms with van der Waals surface area (Å²) in [5.41, 5.74) is 10.5. The Kier molecular flexibility index (Phi) is 3.34. The number of fused-ring (bicyclic) bond motifs is 1. The Balaban J connectivity index is 2.32. The van der Waals surface area contributed by atoms with E-state index < -0.39 is 0 Å². The van der Waals surface area contributed by atoms with Crippen molar-refractivity contribution in [3.05, 3.63) is 34.9 Å². The first kappa shape index (κ1) is 11.7. The Morgan fingerprint density at radius 2 is 2.00 bits per heavy atom. The zero-order valence-corrected chi connectivity index (χ0v) is 10.7. The molecule has 1 aromatic carbocycles. The summed E-state index contributed by atoms with van der Waals surface area (Å²) in [5, 5.41) is 0. The second-order valence-corrected chi connectivity index (χ2v) is 5.65. The van der Waals surface area contributed by atoms with Gasteiger partial charge in [-0.2, -0.15) is 0 Å². The lowest BCUT2D eigenvalue weighted by Gasteiger charge is -2.28. The van der Waals surface area contributed by atoms with E-state index in [2.05, 4.69) is 39.0 Å². The van der Waals surface area contributed by atoms with E-state index in [1.165, 1.54) is 23.1 Å². The highest BCUT2D eigenvalue weighted by Crippen LogP contribution is 2.36. The molecule has 0 radical (unpaired) electrons. The van der Waals surface area contributed by atoms with Gasteiger partial charge in [-0.15, -0.1) is 0 Å². The standard InChI is InChI=1S/C15H23N/c1-10(2)8-12-5-6-13-11(3)4-7-15(16)14(13)9-12/h5-6,9-11,15H,4,7-8,16H2,1-3H3/t11?,15-/m0/s1. The summed E-state index contributed by atoms with van der Waals surface area (Å²) in [6.07, 6.45) is 3.53. The van der Waals surface area contributed by atoms with Crippen molar-refractivity contribution in [1.29, 1.82) is 0 Å². The molecular weight excluding hydrogens is 194 g/mol. The number of benzene rings is 1. The molecule has 0 saturated carbocycles. The van der Waals surface area contributed by atoms with Crippen LogP contribution in [0.25, 0.3) is 0 Å². The van der Waals surface area contributed by atoms with Gasteiger partial charge in [-0.25, -0.2) is 0 Å². The van der Waals surface area contributed by atoms with Crippen molar-refractivity contribution in [3.63, 3.8) is 0 Å². The normalized spacial score (nSPS) is 24.6. The Labute approximate surface area is 99.0 Å². The van der Waals surface area contributed by atoms with Gasteiger partial charge in [0.15, 0.2) is 0 Å². The SMILES string of the molecule is CC(C)Cc1ccc2c(c1)[C@@H](N)CCC2C. The van der Waals surface area contributed by atoms with E-state index in [1.807, 2.05) is 0 Å². The van der Waals surface area contributed by atoms with Gasteiger partial charge in [0.25, 0.3) is 0 Å². The first-order valence-corrected chi connectivity index (χ1v) is 6.46. The quantitative estimate of drug-likeness (QED) is 0.801. The molecule has 88 valence electrons. The summed E-state index contributed by atoms with van der Waals surface area (Å²) in [6.45, 7) is 6.84. The molecule has 1 nitrogen and oxygen atoms in total. The van der Waals surface area contributed by atoms with Crippen LogP contribution in [0.5, 0.6) is 0 Å². The Morgan fingerprint density at radius 1 is 1.25 bits per heavy atom. The number of hydrogen-bond acceptors (Lipinski definition) is 1. The summed E-state index contributed by atoms with van der Waals surface area (Å²) in [6, 6.07) is 7.19. The van der Waals surface area contributed by atoms with Gasteiger partial charge in [0.1, 0.15) is 0 Å². The van der Waals surface area contributed by atoms with Gasteiger partial charge in [0.2, 0.25) is 0 Å². The molecule has 1 aromatic rings. The third-order valence-electron chi connectivity index (χ3n) is 3.64. The van der Waals surface area contributed by atoms with Crippen LogP contribution in [0.15, 0.2) is 18.2 Å². The highest BCUT2D eigenvalue weighted by molar-refractivity contribution is 5.38. The monoisotopic (exact) mass is 217 g/mol. The number of rotatable bonds is 2. The van der Waals surface area contributed by atoms with Crippen LogP contribution in [0, 0.1) is 5.92 Å². The average molecular weight is 217 g/mol. The summed E-state index contributed by atoms with van der Waals surface area (Å²) in [7, 11) is 0. The predicted octanol–water partition coefficient (Wildman–Crippen LogP) is 3.78. The minimum atomic E-state index is 0.262. The van der Waals surface area contributed by atoms with Crippen LogP contribution >= 0.6 is 0 Å². The number of nitrogens with two attached hydrogens (primary N) is 1. The molecule has 0 spiro atoms. The lowest BCUT2D eigenvalue weighted by atomic mass is 9.80. The third kappa shape index (κ3) is 2.30. The summed E-state index contributed by atoms with van der Waals surface area (Å²) in [5.74, 6) is 1.40. The average Bonchev–Trinajstić information content (AvgIpc) is 2.23. The van der Waals surface area contributed by atoms with Crippen molar-refractivity contribution in [2.24, 2.45) is 11.7 Å². The van der Waals surface area contributed by atoms with Gasteiger partial charge in [-0.1, -0.05) is 39.0 Å². The van der Waals surface area contributed by atoms with Crippen molar-refractivity contribution in [2.75, 3.05) is 0 Å². The molecule has 1 heteroatoms. The third-order valence-corrected chi connectivity index (χ3v) is 3.64. The molecule has 0 aliphatic heterocycles. The first-order chi connectivity index (χ1) is 7.58. The molecular formula is C15H23N. The van der Waals surface area contributed by atoms with E-state index in [4.69, 9.17) is 5.73 Å². The fourth-order valence-corrected chi connectivity index (χ4v) is 2.73. The Bertz CT molecular complexity index is 368. The van der Waals surface area contributed by atoms with Crippen LogP contribution in [0.2, 0.25) is 0 Å². The fourth-order valence-electron chi connectivity index (χ4n) is 2.73. The topological polar surface area (TPSA) is 26.0 Å². The second-order valence-electron chi connectivity index (χ2n) is 5.65. The van der Waals surface area contributed by atoms with Gasteiger partial charge in [-0.05, 0) is 47.8 Å². The minimum absolute atomic E-state index is 0.262. The lowest BCUT2D eigenvalue weighted by molar-refractivity contribution is 0.512. The summed E-state index contributed by atoms with van der Waals surface area (Å²) < 4.78 is 0. The van der Waals surface area contributed by atoms with E-state index in [9.17, 15) is 0 Å². The maximum Gasteiger partial charge on any atom is 0.0297 e. The van der Waals surface area contributed by atoms with Gasteiger partial charge in [0, 0.05) is 6.04 Å². The first-order valence-electron chi connectivity index (χ1n) is 6.46. The van der Waals surface area contributed by atoms with Crippen LogP contribution < -0.4 is 5.73 Å². The van der Waals surface area contributed by atoms with Crippen molar-refractivity contribution >= 4 is 0 Å². The summed E-state index contributed by atoms with van der Waals surface area (Å²) in [4.78, 5) is 0. The molecule has 0 heterocycles. The molecule has 1 unspecified atom stereocenters. The zero-order valence-electron chi connectivity index (χ0n) is 10.7. The lowest BCUT2D eigenvalue weighted by Crippen LogP contribution is -2.19. The Hall–Kier alpha value is -0.820. The highest BCUT2D eigenvalue weighted by Gasteiger charge is 2.22. The van der Waals surface area contributed by atoms with E-state index in [0.717, 1.165) is 18.8 Å². The smallest absolute Gasteiger partial charge is 0.0297 e. The largest absolute Gasteiger partial charge is 0.324 e. The second kappa shape index (κ2) is 4.58. The molecule has 16 heavy (non-hydrogen) atoms. The van der Waals surface area contributed by atoms with E-state index in [-0.39, 0.29) is 6.04 Å². The molecule has 0 saturated heterocycles. The van der Waals surface area contributed by atoms with Crippen LogP contribution in [0.4, 0.5) is 0 Å². The van der Waals surface area contributed by atoms with Gasteiger partial charge in [-0.3, -0.25) is 0 Å². The fraction of sp³-hybridized carbons (Fsp3) is 0.600. The molecule has 2 rings (SSSR count). The van der Waals surface area contributed by atoms with Crippen LogP contribution in [-0.2, 0) is 6.42 Å². The van der Waals surface area contributed by atoms with Crippen LogP contribution in [0.1, 0.15) is 62.3 Å². The van der Waals surface area contributed by atoms with Crippen molar-refractivity contribution in [1.82, 2.24) is 0 Å². The molecule has 0 fully saturated rings.